The first-order valence-corrected chi connectivity index (χ1v) is 7.95. The molecule has 25 heavy (non-hydrogen) atoms. The van der Waals surface area contributed by atoms with Gasteiger partial charge in [0.2, 0.25) is 13.6 Å². The van der Waals surface area contributed by atoms with Gasteiger partial charge in [0, 0.05) is 13.1 Å². The van der Waals surface area contributed by atoms with E-state index in [0.717, 1.165) is 11.3 Å². The van der Waals surface area contributed by atoms with Crippen LogP contribution >= 0.6 is 0 Å². The summed E-state index contributed by atoms with van der Waals surface area (Å²) in [7, 11) is 5.14. The zero-order valence-electron chi connectivity index (χ0n) is 15.0. The summed E-state index contributed by atoms with van der Waals surface area (Å²) in [5.41, 5.74) is 1.02. The summed E-state index contributed by atoms with van der Waals surface area (Å²) >= 11 is 0. The normalized spacial score (nSPS) is 13.5. The van der Waals surface area contributed by atoms with Crippen LogP contribution in [0.3, 0.4) is 0 Å². The largest absolute Gasteiger partial charge is 0.454 e. The van der Waals surface area contributed by atoms with Crippen molar-refractivity contribution in [2.75, 3.05) is 41.3 Å². The summed E-state index contributed by atoms with van der Waals surface area (Å²) in [5, 5.41) is 0. The van der Waals surface area contributed by atoms with Gasteiger partial charge < -0.3 is 23.8 Å². The molecule has 1 aromatic carbocycles. The number of carbonyl (C=O) groups is 2. The van der Waals surface area contributed by atoms with Crippen LogP contribution in [-0.4, -0.2) is 69.2 Å². The smallest absolute Gasteiger partial charge is 0.412 e. The van der Waals surface area contributed by atoms with Crippen molar-refractivity contribution in [3.8, 4) is 11.5 Å². The van der Waals surface area contributed by atoms with Gasteiger partial charge in [0.05, 0.1) is 6.54 Å². The maximum absolute atomic E-state index is 12.0. The van der Waals surface area contributed by atoms with Crippen molar-refractivity contribution in [2.45, 2.75) is 19.4 Å². The number of nitrogens with zero attached hydrogens (tertiary/aromatic N) is 2. The van der Waals surface area contributed by atoms with E-state index < -0.39 is 18.9 Å². The highest BCUT2D eigenvalue weighted by Crippen LogP contribution is 2.32. The zero-order chi connectivity index (χ0) is 18.4. The lowest BCUT2D eigenvalue weighted by atomic mass is 10.1. The summed E-state index contributed by atoms with van der Waals surface area (Å²) < 4.78 is 20.4. The Balaban J connectivity index is 1.77. The average Bonchev–Trinajstić information content (AvgIpc) is 3.00. The van der Waals surface area contributed by atoms with Gasteiger partial charge in [0.1, 0.15) is 0 Å². The molecule has 0 saturated carbocycles. The maximum atomic E-state index is 12.0. The molecular weight excluding hydrogens is 328 g/mol. The molecule has 0 saturated heterocycles. The molecule has 1 heterocycles. The quantitative estimate of drug-likeness (QED) is 0.543. The second-order valence-corrected chi connectivity index (χ2v) is 6.13. The molecule has 8 nitrogen and oxygen atoms in total. The first-order chi connectivity index (χ1) is 11.9. The number of ether oxygens (including phenoxy) is 4. The number of likely N-dealkylation sites (N-methyl/N-ethyl adjacent to an activating group) is 2. The van der Waals surface area contributed by atoms with E-state index in [9.17, 15) is 9.59 Å². The second-order valence-electron chi connectivity index (χ2n) is 6.13. The first-order valence-electron chi connectivity index (χ1n) is 7.95. The zero-order valence-corrected chi connectivity index (χ0v) is 15.0. The van der Waals surface area contributed by atoms with Crippen molar-refractivity contribution < 1.29 is 28.5 Å². The molecule has 1 aliphatic heterocycles. The van der Waals surface area contributed by atoms with Gasteiger partial charge in [-0.3, -0.25) is 9.69 Å². The fourth-order valence-corrected chi connectivity index (χ4v) is 2.28. The molecule has 0 aliphatic carbocycles. The van der Waals surface area contributed by atoms with Crippen LogP contribution in [0.4, 0.5) is 4.79 Å². The van der Waals surface area contributed by atoms with E-state index in [1.165, 1.54) is 4.90 Å². The van der Waals surface area contributed by atoms with E-state index in [1.807, 2.05) is 25.1 Å². The van der Waals surface area contributed by atoms with Crippen molar-refractivity contribution in [1.29, 1.82) is 0 Å². The van der Waals surface area contributed by atoms with Crippen molar-refractivity contribution in [1.82, 2.24) is 9.80 Å². The van der Waals surface area contributed by atoms with E-state index in [2.05, 4.69) is 0 Å². The molecule has 1 unspecified atom stereocenters. The van der Waals surface area contributed by atoms with Crippen LogP contribution in [-0.2, 0) is 20.7 Å². The monoisotopic (exact) mass is 352 g/mol. The maximum Gasteiger partial charge on any atom is 0.412 e. The van der Waals surface area contributed by atoms with Crippen LogP contribution in [0.2, 0.25) is 0 Å². The molecule has 138 valence electrons. The van der Waals surface area contributed by atoms with E-state index in [-0.39, 0.29) is 19.4 Å². The average molecular weight is 352 g/mol. The molecular formula is C17H24N2O6. The molecule has 1 aromatic rings. The summed E-state index contributed by atoms with van der Waals surface area (Å²) in [6.07, 6.45) is 0.0775. The highest BCUT2D eigenvalue weighted by molar-refractivity contribution is 5.72. The summed E-state index contributed by atoms with van der Waals surface area (Å²) in [6.45, 7) is 1.87. The first kappa shape index (κ1) is 18.9. The van der Waals surface area contributed by atoms with Crippen molar-refractivity contribution in [2.24, 2.45) is 0 Å². The Hall–Kier alpha value is -2.48. The Kier molecular flexibility index (Phi) is 6.46. The number of rotatable bonds is 7. The fourth-order valence-electron chi connectivity index (χ4n) is 2.28. The predicted molar refractivity (Wildman–Crippen MR) is 89.5 cm³/mol. The minimum atomic E-state index is -0.550. The number of hydrogen-bond acceptors (Lipinski definition) is 7. The Labute approximate surface area is 147 Å². The predicted octanol–water partition coefficient (Wildman–Crippen LogP) is 1.48. The summed E-state index contributed by atoms with van der Waals surface area (Å²) in [6, 6.07) is 5.59. The molecule has 1 atom stereocenters. The van der Waals surface area contributed by atoms with Crippen LogP contribution in [0.1, 0.15) is 12.5 Å². The molecule has 0 bridgehead atoms. The van der Waals surface area contributed by atoms with Crippen LogP contribution in [0, 0.1) is 0 Å². The van der Waals surface area contributed by atoms with Gasteiger partial charge in [-0.15, -0.1) is 0 Å². The van der Waals surface area contributed by atoms with E-state index in [4.69, 9.17) is 18.9 Å². The third-order valence-electron chi connectivity index (χ3n) is 3.76. The van der Waals surface area contributed by atoms with Crippen LogP contribution in [0.5, 0.6) is 11.5 Å². The SMILES string of the molecule is CC(Cc1ccc2c(c1)OCO2)N(C)C(=O)OCOC(=O)CN(C)C. The van der Waals surface area contributed by atoms with Crippen molar-refractivity contribution in [3.05, 3.63) is 23.8 Å². The number of carbonyl (C=O) groups excluding carboxylic acids is 2. The molecule has 0 fully saturated rings. The highest BCUT2D eigenvalue weighted by Gasteiger charge is 2.20. The number of amides is 1. The molecule has 8 heteroatoms. The third kappa shape index (κ3) is 5.53. The topological polar surface area (TPSA) is 77.5 Å². The minimum absolute atomic E-state index is 0.106. The summed E-state index contributed by atoms with van der Waals surface area (Å²) in [5.74, 6) is 0.986. The number of benzene rings is 1. The van der Waals surface area contributed by atoms with Crippen LogP contribution in [0.15, 0.2) is 18.2 Å². The number of esters is 1. The van der Waals surface area contributed by atoms with E-state index in [0.29, 0.717) is 12.2 Å². The lowest BCUT2D eigenvalue weighted by molar-refractivity contribution is -0.153. The van der Waals surface area contributed by atoms with Gasteiger partial charge in [-0.1, -0.05) is 6.07 Å². The van der Waals surface area contributed by atoms with Gasteiger partial charge in [-0.05, 0) is 45.1 Å². The number of fused-ring (bicyclic) bond motifs is 1. The molecule has 0 N–H and O–H groups in total. The van der Waals surface area contributed by atoms with Crippen LogP contribution in [0.25, 0.3) is 0 Å². The minimum Gasteiger partial charge on any atom is -0.454 e. The molecule has 1 aliphatic rings. The molecule has 0 spiro atoms. The Morgan fingerprint density at radius 2 is 1.88 bits per heavy atom. The molecule has 0 aromatic heterocycles. The van der Waals surface area contributed by atoms with Gasteiger partial charge in [0.25, 0.3) is 0 Å². The lowest BCUT2D eigenvalue weighted by Crippen LogP contribution is -2.37. The fraction of sp³-hybridized carbons (Fsp3) is 0.529. The van der Waals surface area contributed by atoms with Crippen molar-refractivity contribution >= 4 is 12.1 Å². The molecule has 1 amide bonds. The van der Waals surface area contributed by atoms with Gasteiger partial charge in [0.15, 0.2) is 11.5 Å². The Bertz CT molecular complexity index is 619. The van der Waals surface area contributed by atoms with E-state index >= 15 is 0 Å². The van der Waals surface area contributed by atoms with E-state index in [1.54, 1.807) is 26.0 Å². The van der Waals surface area contributed by atoms with Crippen LogP contribution < -0.4 is 9.47 Å². The van der Waals surface area contributed by atoms with Crippen molar-refractivity contribution in [3.63, 3.8) is 0 Å². The Morgan fingerprint density at radius 3 is 2.60 bits per heavy atom. The Morgan fingerprint density at radius 1 is 1.16 bits per heavy atom. The highest BCUT2D eigenvalue weighted by atomic mass is 16.7. The van der Waals surface area contributed by atoms with Gasteiger partial charge >= 0.3 is 12.1 Å². The molecule has 0 radical (unpaired) electrons. The second kappa shape index (κ2) is 8.57. The summed E-state index contributed by atoms with van der Waals surface area (Å²) in [4.78, 5) is 26.5. The van der Waals surface area contributed by atoms with Gasteiger partial charge in [-0.25, -0.2) is 4.79 Å². The lowest BCUT2D eigenvalue weighted by Gasteiger charge is -2.24. The number of hydrogen-bond donors (Lipinski definition) is 0. The van der Waals surface area contributed by atoms with Gasteiger partial charge in [-0.2, -0.15) is 0 Å². The standard InChI is InChI=1S/C17H24N2O6/c1-12(7-13-5-6-14-15(8-13)23-10-22-14)19(4)17(21)25-11-24-16(20)9-18(2)3/h5-6,8,12H,7,9-11H2,1-4H3. The molecule has 2 rings (SSSR count). The third-order valence-corrected chi connectivity index (χ3v) is 3.76.